The standard InChI is InChI=1S/C17H25N5O3S2/c1-5-22-15(19-20-17(22)26)10-11-18-16(23)13-6-8-14(9-7-13)27(24,25)21(4)12(2)3/h6-9,12H,5,10-11H2,1-4H3,(H,18,23)(H,20,26). The smallest absolute Gasteiger partial charge is 0.251 e. The van der Waals surface area contributed by atoms with Crippen LogP contribution >= 0.6 is 12.2 Å². The molecule has 1 aromatic carbocycles. The van der Waals surface area contributed by atoms with E-state index in [4.69, 9.17) is 12.2 Å². The Hall–Kier alpha value is -2.04. The van der Waals surface area contributed by atoms with Crippen LogP contribution in [0, 0.1) is 4.77 Å². The molecule has 0 aliphatic heterocycles. The lowest BCUT2D eigenvalue weighted by Crippen LogP contribution is -2.33. The first-order chi connectivity index (χ1) is 12.7. The Labute approximate surface area is 164 Å². The number of nitrogens with one attached hydrogen (secondary N) is 2. The Balaban J connectivity index is 2.00. The van der Waals surface area contributed by atoms with Gasteiger partial charge in [-0.05, 0) is 57.3 Å². The van der Waals surface area contributed by atoms with Gasteiger partial charge in [0.15, 0.2) is 4.77 Å². The molecule has 10 heteroatoms. The van der Waals surface area contributed by atoms with E-state index in [1.165, 1.54) is 35.6 Å². The highest BCUT2D eigenvalue weighted by molar-refractivity contribution is 7.89. The Morgan fingerprint density at radius 3 is 2.52 bits per heavy atom. The number of benzene rings is 1. The van der Waals surface area contributed by atoms with E-state index < -0.39 is 10.0 Å². The van der Waals surface area contributed by atoms with E-state index in [-0.39, 0.29) is 16.8 Å². The van der Waals surface area contributed by atoms with Crippen LogP contribution < -0.4 is 5.32 Å². The number of rotatable bonds is 8. The molecule has 1 amide bonds. The summed E-state index contributed by atoms with van der Waals surface area (Å²) in [6.07, 6.45) is 0.540. The van der Waals surface area contributed by atoms with Gasteiger partial charge in [-0.15, -0.1) is 0 Å². The van der Waals surface area contributed by atoms with Crippen LogP contribution in [0.15, 0.2) is 29.2 Å². The third-order valence-corrected chi connectivity index (χ3v) is 6.67. The summed E-state index contributed by atoms with van der Waals surface area (Å²) >= 11 is 5.13. The van der Waals surface area contributed by atoms with Crippen LogP contribution in [-0.4, -0.2) is 53.0 Å². The summed E-state index contributed by atoms with van der Waals surface area (Å²) < 4.78 is 28.6. The van der Waals surface area contributed by atoms with Gasteiger partial charge in [-0.3, -0.25) is 9.89 Å². The van der Waals surface area contributed by atoms with Crippen LogP contribution in [0.3, 0.4) is 0 Å². The molecule has 8 nitrogen and oxygen atoms in total. The molecule has 0 aliphatic carbocycles. The molecular weight excluding hydrogens is 386 g/mol. The molecule has 0 saturated heterocycles. The minimum absolute atomic E-state index is 0.151. The van der Waals surface area contributed by atoms with Crippen molar-refractivity contribution in [1.82, 2.24) is 24.4 Å². The fourth-order valence-electron chi connectivity index (χ4n) is 2.48. The second-order valence-corrected chi connectivity index (χ2v) is 8.72. The number of H-pyrrole nitrogens is 1. The predicted molar refractivity (Wildman–Crippen MR) is 106 cm³/mol. The normalized spacial score (nSPS) is 11.9. The van der Waals surface area contributed by atoms with E-state index in [2.05, 4.69) is 15.5 Å². The van der Waals surface area contributed by atoms with Crippen LogP contribution in [-0.2, 0) is 23.0 Å². The fourth-order valence-corrected chi connectivity index (χ4v) is 4.13. The molecule has 0 spiro atoms. The van der Waals surface area contributed by atoms with Crippen molar-refractivity contribution >= 4 is 28.1 Å². The quantitative estimate of drug-likeness (QED) is 0.647. The molecule has 1 heterocycles. The highest BCUT2D eigenvalue weighted by Gasteiger charge is 2.23. The lowest BCUT2D eigenvalue weighted by Gasteiger charge is -2.21. The second kappa shape index (κ2) is 8.77. The van der Waals surface area contributed by atoms with Gasteiger partial charge in [0.1, 0.15) is 5.82 Å². The summed E-state index contributed by atoms with van der Waals surface area (Å²) in [5, 5.41) is 9.69. The molecule has 2 aromatic rings. The summed E-state index contributed by atoms with van der Waals surface area (Å²) in [5.41, 5.74) is 0.399. The van der Waals surface area contributed by atoms with Gasteiger partial charge in [0.25, 0.3) is 5.91 Å². The number of hydrogen-bond acceptors (Lipinski definition) is 5. The van der Waals surface area contributed by atoms with Crippen molar-refractivity contribution in [1.29, 1.82) is 0 Å². The zero-order valence-electron chi connectivity index (χ0n) is 15.9. The molecule has 0 fully saturated rings. The maximum Gasteiger partial charge on any atom is 0.251 e. The van der Waals surface area contributed by atoms with E-state index in [1.807, 2.05) is 11.5 Å². The van der Waals surface area contributed by atoms with Crippen molar-refractivity contribution in [2.45, 2.75) is 44.7 Å². The minimum Gasteiger partial charge on any atom is -0.352 e. The van der Waals surface area contributed by atoms with Crippen molar-refractivity contribution in [2.24, 2.45) is 0 Å². The van der Waals surface area contributed by atoms with Gasteiger partial charge in [-0.2, -0.15) is 9.40 Å². The summed E-state index contributed by atoms with van der Waals surface area (Å²) in [6, 6.07) is 5.77. The van der Waals surface area contributed by atoms with E-state index >= 15 is 0 Å². The van der Waals surface area contributed by atoms with Crippen LogP contribution in [0.1, 0.15) is 37.0 Å². The fraction of sp³-hybridized carbons (Fsp3) is 0.471. The zero-order chi connectivity index (χ0) is 20.2. The molecule has 0 saturated carbocycles. The molecule has 1 aromatic heterocycles. The van der Waals surface area contributed by atoms with Gasteiger partial charge in [-0.25, -0.2) is 8.42 Å². The van der Waals surface area contributed by atoms with Crippen LogP contribution in [0.5, 0.6) is 0 Å². The summed E-state index contributed by atoms with van der Waals surface area (Å²) in [7, 11) is -2.03. The first-order valence-corrected chi connectivity index (χ1v) is 10.5. The minimum atomic E-state index is -3.56. The molecule has 2 rings (SSSR count). The number of carbonyl (C=O) groups is 1. The number of aromatic amines is 1. The van der Waals surface area contributed by atoms with E-state index in [1.54, 1.807) is 13.8 Å². The van der Waals surface area contributed by atoms with Gasteiger partial charge in [-0.1, -0.05) is 0 Å². The summed E-state index contributed by atoms with van der Waals surface area (Å²) in [5.74, 6) is 0.509. The SMILES string of the molecule is CCn1c(CCNC(=O)c2ccc(S(=O)(=O)N(C)C(C)C)cc2)n[nH]c1=S. The molecule has 0 unspecified atom stereocenters. The molecule has 148 valence electrons. The van der Waals surface area contributed by atoms with Crippen LogP contribution in [0.2, 0.25) is 0 Å². The molecule has 0 aliphatic rings. The Morgan fingerprint density at radius 2 is 1.96 bits per heavy atom. The lowest BCUT2D eigenvalue weighted by molar-refractivity contribution is 0.0953. The molecule has 0 bridgehead atoms. The second-order valence-electron chi connectivity index (χ2n) is 6.33. The van der Waals surface area contributed by atoms with Gasteiger partial charge >= 0.3 is 0 Å². The highest BCUT2D eigenvalue weighted by atomic mass is 32.2. The molecule has 0 radical (unpaired) electrons. The number of sulfonamides is 1. The average Bonchev–Trinajstić information content (AvgIpc) is 3.00. The predicted octanol–water partition coefficient (Wildman–Crippen LogP) is 1.96. The van der Waals surface area contributed by atoms with Gasteiger partial charge < -0.3 is 9.88 Å². The molecule has 0 atom stereocenters. The van der Waals surface area contributed by atoms with Gasteiger partial charge in [0.05, 0.1) is 4.90 Å². The van der Waals surface area contributed by atoms with Crippen molar-refractivity contribution in [3.63, 3.8) is 0 Å². The number of aromatic nitrogens is 3. The van der Waals surface area contributed by atoms with Crippen molar-refractivity contribution < 1.29 is 13.2 Å². The van der Waals surface area contributed by atoms with E-state index in [0.717, 1.165) is 5.82 Å². The monoisotopic (exact) mass is 411 g/mol. The Kier molecular flexibility index (Phi) is 6.90. The zero-order valence-corrected chi connectivity index (χ0v) is 17.5. The first-order valence-electron chi connectivity index (χ1n) is 8.68. The molecular formula is C17H25N5O3S2. The summed E-state index contributed by atoms with van der Waals surface area (Å²) in [4.78, 5) is 12.4. The lowest BCUT2D eigenvalue weighted by atomic mass is 10.2. The van der Waals surface area contributed by atoms with Crippen LogP contribution in [0.25, 0.3) is 0 Å². The number of hydrogen-bond donors (Lipinski definition) is 2. The maximum absolute atomic E-state index is 12.5. The first kappa shape index (κ1) is 21.3. The Bertz CT molecular complexity index is 946. The van der Waals surface area contributed by atoms with Crippen molar-refractivity contribution in [2.75, 3.05) is 13.6 Å². The number of nitrogens with zero attached hydrogens (tertiary/aromatic N) is 3. The average molecular weight is 412 g/mol. The Morgan fingerprint density at radius 1 is 1.33 bits per heavy atom. The largest absolute Gasteiger partial charge is 0.352 e. The van der Waals surface area contributed by atoms with Gasteiger partial charge in [0, 0.05) is 38.2 Å². The third-order valence-electron chi connectivity index (χ3n) is 4.31. The number of carbonyl (C=O) groups excluding carboxylic acids is 1. The highest BCUT2D eigenvalue weighted by Crippen LogP contribution is 2.17. The third kappa shape index (κ3) is 4.82. The van der Waals surface area contributed by atoms with Crippen molar-refractivity contribution in [3.05, 3.63) is 40.4 Å². The number of amides is 1. The topological polar surface area (TPSA) is 100 Å². The van der Waals surface area contributed by atoms with Crippen LogP contribution in [0.4, 0.5) is 0 Å². The summed E-state index contributed by atoms with van der Waals surface area (Å²) in [6.45, 7) is 6.68. The molecule has 2 N–H and O–H groups in total. The van der Waals surface area contributed by atoms with Gasteiger partial charge in [0.2, 0.25) is 10.0 Å². The molecule has 27 heavy (non-hydrogen) atoms. The van der Waals surface area contributed by atoms with E-state index in [0.29, 0.717) is 29.8 Å². The van der Waals surface area contributed by atoms with Crippen molar-refractivity contribution in [3.8, 4) is 0 Å². The van der Waals surface area contributed by atoms with E-state index in [9.17, 15) is 13.2 Å². The maximum atomic E-state index is 12.5.